The number of nitrogens with one attached hydrogen (secondary N) is 1. The number of hydrogen-bond donors (Lipinski definition) is 2. The highest BCUT2D eigenvalue weighted by molar-refractivity contribution is 7.99. The van der Waals surface area contributed by atoms with Crippen LogP contribution in [-0.4, -0.2) is 49.9 Å². The number of carbonyl (C=O) groups excluding carboxylic acids is 1. The molecular weight excluding hydrogens is 284 g/mol. The van der Waals surface area contributed by atoms with E-state index in [2.05, 4.69) is 11.6 Å². The van der Waals surface area contributed by atoms with Crippen molar-refractivity contribution in [1.29, 1.82) is 0 Å². The van der Waals surface area contributed by atoms with E-state index in [1.807, 2.05) is 0 Å². The van der Waals surface area contributed by atoms with Crippen molar-refractivity contribution in [1.82, 2.24) is 5.32 Å². The van der Waals surface area contributed by atoms with Crippen molar-refractivity contribution >= 4 is 27.5 Å². The molecule has 0 aromatic rings. The van der Waals surface area contributed by atoms with Crippen LogP contribution in [0.15, 0.2) is 0 Å². The second kappa shape index (κ2) is 7.50. The fourth-order valence-electron chi connectivity index (χ4n) is 2.31. The van der Waals surface area contributed by atoms with Crippen molar-refractivity contribution in [3.05, 3.63) is 0 Å². The molecule has 3 unspecified atom stereocenters. The number of sulfone groups is 1. The average molecular weight is 308 g/mol. The van der Waals surface area contributed by atoms with Gasteiger partial charge in [0.05, 0.1) is 11.8 Å². The third-order valence-electron chi connectivity index (χ3n) is 3.47. The molecule has 7 heteroatoms. The molecular formula is C12H24N2O3S2. The number of thioether (sulfide) groups is 1. The molecule has 1 aliphatic carbocycles. The first-order chi connectivity index (χ1) is 8.83. The van der Waals surface area contributed by atoms with Crippen LogP contribution in [0.1, 0.15) is 32.1 Å². The number of nitrogens with two attached hydrogens (primary N) is 1. The summed E-state index contributed by atoms with van der Waals surface area (Å²) in [5, 5.41) is 3.42. The molecule has 1 amide bonds. The van der Waals surface area contributed by atoms with Gasteiger partial charge in [0.1, 0.15) is 9.84 Å². The van der Waals surface area contributed by atoms with Crippen molar-refractivity contribution in [2.75, 3.05) is 18.3 Å². The molecule has 1 aliphatic rings. The molecule has 0 bridgehead atoms. The number of hydrogen-bond acceptors (Lipinski definition) is 5. The van der Waals surface area contributed by atoms with Crippen LogP contribution < -0.4 is 11.1 Å². The summed E-state index contributed by atoms with van der Waals surface area (Å²) in [7, 11) is -3.07. The molecule has 112 valence electrons. The van der Waals surface area contributed by atoms with E-state index < -0.39 is 15.9 Å². The van der Waals surface area contributed by atoms with Crippen LogP contribution in [0.25, 0.3) is 0 Å². The van der Waals surface area contributed by atoms with Crippen molar-refractivity contribution in [3.8, 4) is 0 Å². The van der Waals surface area contributed by atoms with Gasteiger partial charge < -0.3 is 11.1 Å². The van der Waals surface area contributed by atoms with Crippen LogP contribution >= 0.6 is 11.8 Å². The monoisotopic (exact) mass is 308 g/mol. The van der Waals surface area contributed by atoms with E-state index in [0.29, 0.717) is 5.25 Å². The molecule has 0 spiro atoms. The minimum Gasteiger partial charge on any atom is -0.351 e. The summed E-state index contributed by atoms with van der Waals surface area (Å²) in [6.45, 7) is 0. The Morgan fingerprint density at radius 3 is 2.63 bits per heavy atom. The summed E-state index contributed by atoms with van der Waals surface area (Å²) in [5.74, 6) is -0.271. The predicted octanol–water partition coefficient (Wildman–Crippen LogP) is 0.539. The lowest BCUT2D eigenvalue weighted by Gasteiger charge is -2.31. The third-order valence-corrected chi connectivity index (χ3v) is 5.62. The van der Waals surface area contributed by atoms with Crippen LogP contribution in [0.2, 0.25) is 0 Å². The summed E-state index contributed by atoms with van der Waals surface area (Å²) in [4.78, 5) is 11.9. The first-order valence-electron chi connectivity index (χ1n) is 6.60. The third kappa shape index (κ3) is 6.14. The normalized spacial score (nSPS) is 25.8. The van der Waals surface area contributed by atoms with Gasteiger partial charge in [-0.25, -0.2) is 8.42 Å². The molecule has 0 aromatic carbocycles. The van der Waals surface area contributed by atoms with Gasteiger partial charge in [0.25, 0.3) is 0 Å². The molecule has 1 rings (SSSR count). The van der Waals surface area contributed by atoms with E-state index in [0.717, 1.165) is 25.5 Å². The number of carbonyl (C=O) groups is 1. The van der Waals surface area contributed by atoms with Crippen LogP contribution in [0.3, 0.4) is 0 Å². The largest absolute Gasteiger partial charge is 0.351 e. The molecule has 3 atom stereocenters. The van der Waals surface area contributed by atoms with Crippen LogP contribution in [-0.2, 0) is 14.6 Å². The summed E-state index contributed by atoms with van der Waals surface area (Å²) in [6.07, 6.45) is 7.82. The molecule has 0 saturated heterocycles. The summed E-state index contributed by atoms with van der Waals surface area (Å²) < 4.78 is 22.1. The van der Waals surface area contributed by atoms with Gasteiger partial charge >= 0.3 is 0 Å². The molecule has 1 fully saturated rings. The van der Waals surface area contributed by atoms with Gasteiger partial charge in [-0.3, -0.25) is 4.79 Å². The summed E-state index contributed by atoms with van der Waals surface area (Å²) >= 11 is 1.77. The van der Waals surface area contributed by atoms with Crippen LogP contribution in [0.4, 0.5) is 0 Å². The van der Waals surface area contributed by atoms with Gasteiger partial charge in [0, 0.05) is 17.5 Å². The van der Waals surface area contributed by atoms with E-state index >= 15 is 0 Å². The lowest BCUT2D eigenvalue weighted by molar-refractivity contribution is -0.123. The van der Waals surface area contributed by atoms with Crippen molar-refractivity contribution in [3.63, 3.8) is 0 Å². The minimum absolute atomic E-state index is 0.0434. The topological polar surface area (TPSA) is 89.3 Å². The molecule has 3 N–H and O–H groups in total. The quantitative estimate of drug-likeness (QED) is 0.747. The van der Waals surface area contributed by atoms with Gasteiger partial charge in [0.2, 0.25) is 5.91 Å². The van der Waals surface area contributed by atoms with E-state index in [1.54, 1.807) is 11.8 Å². The zero-order valence-electron chi connectivity index (χ0n) is 11.6. The fourth-order valence-corrected chi connectivity index (χ4v) is 3.92. The second-order valence-corrected chi connectivity index (χ2v) is 8.54. The minimum atomic E-state index is -3.07. The smallest absolute Gasteiger partial charge is 0.237 e. The average Bonchev–Trinajstić information content (AvgIpc) is 2.35. The number of amides is 1. The number of rotatable bonds is 6. The lowest BCUT2D eigenvalue weighted by atomic mass is 9.94. The predicted molar refractivity (Wildman–Crippen MR) is 80.0 cm³/mol. The van der Waals surface area contributed by atoms with Gasteiger partial charge in [-0.1, -0.05) is 12.8 Å². The molecule has 0 aliphatic heterocycles. The van der Waals surface area contributed by atoms with Gasteiger partial charge in [-0.05, 0) is 25.5 Å². The Balaban J connectivity index is 2.44. The van der Waals surface area contributed by atoms with E-state index in [9.17, 15) is 13.2 Å². The van der Waals surface area contributed by atoms with Crippen molar-refractivity contribution in [2.45, 2.75) is 49.4 Å². The fraction of sp³-hybridized carbons (Fsp3) is 0.917. The summed E-state index contributed by atoms with van der Waals surface area (Å²) in [6, 6.07) is -0.570. The second-order valence-electron chi connectivity index (χ2n) is 5.20. The molecule has 0 radical (unpaired) electrons. The highest BCUT2D eigenvalue weighted by Crippen LogP contribution is 2.27. The standard InChI is InChI=1S/C12H24N2O3S2/c1-18-11-6-4-3-5-10(11)14-12(15)9(13)7-8-19(2,16)17/h9-11H,3-8,13H2,1-2H3,(H,14,15). The molecule has 19 heavy (non-hydrogen) atoms. The van der Waals surface area contributed by atoms with Crippen LogP contribution in [0.5, 0.6) is 0 Å². The molecule has 5 nitrogen and oxygen atoms in total. The Hall–Kier alpha value is -0.270. The van der Waals surface area contributed by atoms with E-state index in [-0.39, 0.29) is 24.1 Å². The summed E-state index contributed by atoms with van der Waals surface area (Å²) in [5.41, 5.74) is 5.75. The van der Waals surface area contributed by atoms with Gasteiger partial charge in [-0.15, -0.1) is 0 Å². The lowest BCUT2D eigenvalue weighted by Crippen LogP contribution is -2.50. The van der Waals surface area contributed by atoms with Gasteiger partial charge in [0.15, 0.2) is 0 Å². The Labute approximate surface area is 120 Å². The van der Waals surface area contributed by atoms with E-state index in [4.69, 9.17) is 5.73 Å². The highest BCUT2D eigenvalue weighted by atomic mass is 32.2. The maximum absolute atomic E-state index is 11.9. The Kier molecular flexibility index (Phi) is 6.62. The highest BCUT2D eigenvalue weighted by Gasteiger charge is 2.27. The Bertz CT molecular complexity index is 398. The van der Waals surface area contributed by atoms with Crippen LogP contribution in [0, 0.1) is 0 Å². The first-order valence-corrected chi connectivity index (χ1v) is 9.95. The molecule has 0 heterocycles. The van der Waals surface area contributed by atoms with Crippen molar-refractivity contribution in [2.24, 2.45) is 5.73 Å². The van der Waals surface area contributed by atoms with Crippen molar-refractivity contribution < 1.29 is 13.2 Å². The van der Waals surface area contributed by atoms with Gasteiger partial charge in [-0.2, -0.15) is 11.8 Å². The maximum Gasteiger partial charge on any atom is 0.237 e. The maximum atomic E-state index is 11.9. The SMILES string of the molecule is CSC1CCCCC1NC(=O)C(N)CCS(C)(=O)=O. The zero-order chi connectivity index (χ0) is 14.5. The zero-order valence-corrected chi connectivity index (χ0v) is 13.2. The molecule has 1 saturated carbocycles. The first kappa shape index (κ1) is 16.8. The Morgan fingerprint density at radius 2 is 2.05 bits per heavy atom. The molecule has 0 aromatic heterocycles. The Morgan fingerprint density at radius 1 is 1.42 bits per heavy atom. The van der Waals surface area contributed by atoms with E-state index in [1.165, 1.54) is 6.42 Å².